The minimum absolute atomic E-state index is 0.137. The molecule has 9 nitrogen and oxygen atoms in total. The molecule has 0 saturated carbocycles. The topological polar surface area (TPSA) is 107 Å². The van der Waals surface area contributed by atoms with Crippen LogP contribution in [-0.4, -0.2) is 39.4 Å². The maximum atomic E-state index is 13.3. The van der Waals surface area contributed by atoms with E-state index in [0.717, 1.165) is 0 Å². The summed E-state index contributed by atoms with van der Waals surface area (Å²) in [7, 11) is 3.00. The lowest BCUT2D eigenvalue weighted by molar-refractivity contribution is -0.116. The first kappa shape index (κ1) is 22.0. The average molecular weight is 452 g/mol. The number of fused-ring (bicyclic) bond motifs is 1. The Kier molecular flexibility index (Phi) is 6.09. The number of hydrogen-bond acceptors (Lipinski definition) is 6. The highest BCUT2D eigenvalue weighted by Gasteiger charge is 2.18. The van der Waals surface area contributed by atoms with Crippen molar-refractivity contribution in [3.8, 4) is 22.8 Å². The summed E-state index contributed by atoms with van der Waals surface area (Å²) in [6.45, 7) is -0.709. The van der Waals surface area contributed by atoms with Crippen molar-refractivity contribution >= 4 is 17.1 Å². The van der Waals surface area contributed by atoms with E-state index in [0.29, 0.717) is 34.0 Å². The van der Waals surface area contributed by atoms with Crippen molar-refractivity contribution in [1.82, 2.24) is 14.2 Å². The summed E-state index contributed by atoms with van der Waals surface area (Å²) >= 11 is 0. The number of aliphatic hydroxyl groups excluding tert-OH is 1. The molecule has 0 bridgehead atoms. The van der Waals surface area contributed by atoms with E-state index in [2.05, 4.69) is 10.4 Å². The Labute approximate surface area is 187 Å². The summed E-state index contributed by atoms with van der Waals surface area (Å²) in [6.07, 6.45) is 2.96. The van der Waals surface area contributed by atoms with Crippen molar-refractivity contribution in [2.24, 2.45) is 0 Å². The summed E-state index contributed by atoms with van der Waals surface area (Å²) in [5.41, 5.74) is 1.33. The van der Waals surface area contributed by atoms with E-state index in [9.17, 15) is 19.1 Å². The fraction of sp³-hybridized carbons (Fsp3) is 0.174. The average Bonchev–Trinajstić information content (AvgIpc) is 3.20. The Morgan fingerprint density at radius 3 is 2.48 bits per heavy atom. The van der Waals surface area contributed by atoms with E-state index < -0.39 is 23.9 Å². The SMILES string of the molecule is COc1ccc(NC(=O)Cn2ccn3nc(-c4ccc(F)cc4)c(CO)c3c2=O)cc1OC. The first-order chi connectivity index (χ1) is 15.9. The van der Waals surface area contributed by atoms with E-state index in [1.807, 2.05) is 0 Å². The fourth-order valence-corrected chi connectivity index (χ4v) is 3.53. The van der Waals surface area contributed by atoms with Crippen LogP contribution in [0, 0.1) is 5.82 Å². The summed E-state index contributed by atoms with van der Waals surface area (Å²) in [6, 6.07) is 10.5. The number of aromatic nitrogens is 3. The molecule has 2 N–H and O–H groups in total. The normalized spacial score (nSPS) is 10.9. The minimum atomic E-state index is -0.495. The van der Waals surface area contributed by atoms with Crippen LogP contribution in [0.25, 0.3) is 16.8 Å². The van der Waals surface area contributed by atoms with Gasteiger partial charge in [0.1, 0.15) is 17.9 Å². The van der Waals surface area contributed by atoms with Crippen LogP contribution in [0.2, 0.25) is 0 Å². The predicted molar refractivity (Wildman–Crippen MR) is 119 cm³/mol. The molecule has 0 aliphatic heterocycles. The third-order valence-corrected chi connectivity index (χ3v) is 5.12. The number of carbonyl (C=O) groups is 1. The number of ether oxygens (including phenoxy) is 2. The van der Waals surface area contributed by atoms with Crippen LogP contribution in [0.5, 0.6) is 11.5 Å². The van der Waals surface area contributed by atoms with E-state index in [1.165, 1.54) is 60.0 Å². The Bertz CT molecular complexity index is 1380. The lowest BCUT2D eigenvalue weighted by Gasteiger charge is -2.11. The monoisotopic (exact) mass is 452 g/mol. The molecule has 2 aromatic heterocycles. The highest BCUT2D eigenvalue weighted by Crippen LogP contribution is 2.29. The van der Waals surface area contributed by atoms with E-state index in [1.54, 1.807) is 18.2 Å². The van der Waals surface area contributed by atoms with Gasteiger partial charge in [-0.05, 0) is 36.4 Å². The summed E-state index contributed by atoms with van der Waals surface area (Å²) < 4.78 is 26.3. The number of halogens is 1. The van der Waals surface area contributed by atoms with Gasteiger partial charge in [-0.15, -0.1) is 0 Å². The number of benzene rings is 2. The minimum Gasteiger partial charge on any atom is -0.493 e. The molecule has 2 aromatic carbocycles. The zero-order chi connectivity index (χ0) is 23.5. The third-order valence-electron chi connectivity index (χ3n) is 5.12. The molecule has 170 valence electrons. The van der Waals surface area contributed by atoms with Gasteiger partial charge in [-0.25, -0.2) is 8.91 Å². The molecule has 33 heavy (non-hydrogen) atoms. The Morgan fingerprint density at radius 1 is 1.09 bits per heavy atom. The van der Waals surface area contributed by atoms with Gasteiger partial charge in [-0.3, -0.25) is 9.59 Å². The number of amides is 1. The van der Waals surface area contributed by atoms with Crippen molar-refractivity contribution in [2.45, 2.75) is 13.2 Å². The Hall–Kier alpha value is -4.18. The van der Waals surface area contributed by atoms with E-state index >= 15 is 0 Å². The van der Waals surface area contributed by atoms with Gasteiger partial charge in [0, 0.05) is 35.3 Å². The maximum absolute atomic E-state index is 13.3. The number of anilines is 1. The summed E-state index contributed by atoms with van der Waals surface area (Å²) in [5.74, 6) is 0.133. The molecule has 4 aromatic rings. The van der Waals surface area contributed by atoms with Gasteiger partial charge in [0.25, 0.3) is 5.56 Å². The number of rotatable bonds is 7. The lowest BCUT2D eigenvalue weighted by Crippen LogP contribution is -2.28. The highest BCUT2D eigenvalue weighted by atomic mass is 19.1. The molecule has 0 radical (unpaired) electrons. The van der Waals surface area contributed by atoms with Crippen LogP contribution in [0.15, 0.2) is 59.7 Å². The number of nitrogens with zero attached hydrogens (tertiary/aromatic N) is 3. The number of hydrogen-bond donors (Lipinski definition) is 2. The van der Waals surface area contributed by atoms with Crippen LogP contribution in [-0.2, 0) is 17.9 Å². The van der Waals surface area contributed by atoms with Gasteiger partial charge in [0.2, 0.25) is 5.91 Å². The number of carbonyl (C=O) groups excluding carboxylic acids is 1. The second kappa shape index (κ2) is 9.13. The van der Waals surface area contributed by atoms with Gasteiger partial charge in [0.05, 0.1) is 26.5 Å². The molecular formula is C23H21FN4O5. The van der Waals surface area contributed by atoms with Crippen molar-refractivity contribution in [3.05, 3.63) is 76.6 Å². The van der Waals surface area contributed by atoms with Crippen molar-refractivity contribution < 1.29 is 23.8 Å². The van der Waals surface area contributed by atoms with Crippen LogP contribution < -0.4 is 20.3 Å². The third kappa shape index (κ3) is 4.28. The van der Waals surface area contributed by atoms with Gasteiger partial charge < -0.3 is 24.5 Å². The standard InChI is InChI=1S/C23H21FN4O5/c1-32-18-8-7-16(11-19(18)33-2)25-20(30)12-27-9-10-28-22(23(27)31)17(13-29)21(26-28)14-3-5-15(24)6-4-14/h3-11,29H,12-13H2,1-2H3,(H,25,30). The van der Waals surface area contributed by atoms with Crippen molar-refractivity contribution in [3.63, 3.8) is 0 Å². The van der Waals surface area contributed by atoms with Crippen LogP contribution in [0.1, 0.15) is 5.56 Å². The second-order valence-electron chi connectivity index (χ2n) is 7.13. The first-order valence-electron chi connectivity index (χ1n) is 9.94. The van der Waals surface area contributed by atoms with Gasteiger partial charge in [-0.1, -0.05) is 0 Å². The molecule has 0 fully saturated rings. The lowest BCUT2D eigenvalue weighted by atomic mass is 10.1. The Morgan fingerprint density at radius 2 is 1.82 bits per heavy atom. The largest absolute Gasteiger partial charge is 0.493 e. The number of nitrogens with one attached hydrogen (secondary N) is 1. The molecule has 10 heteroatoms. The molecule has 1 amide bonds. The van der Waals surface area contributed by atoms with Crippen LogP contribution >= 0.6 is 0 Å². The van der Waals surface area contributed by atoms with Crippen LogP contribution in [0.3, 0.4) is 0 Å². The van der Waals surface area contributed by atoms with Crippen molar-refractivity contribution in [2.75, 3.05) is 19.5 Å². The molecule has 2 heterocycles. The van der Waals surface area contributed by atoms with E-state index in [4.69, 9.17) is 9.47 Å². The highest BCUT2D eigenvalue weighted by molar-refractivity contribution is 5.91. The van der Waals surface area contributed by atoms with Crippen LogP contribution in [0.4, 0.5) is 10.1 Å². The second-order valence-corrected chi connectivity index (χ2v) is 7.13. The smallest absolute Gasteiger partial charge is 0.277 e. The van der Waals surface area contributed by atoms with Gasteiger partial charge in [-0.2, -0.15) is 5.10 Å². The quantitative estimate of drug-likeness (QED) is 0.446. The number of aliphatic hydroxyl groups is 1. The zero-order valence-corrected chi connectivity index (χ0v) is 17.9. The van der Waals surface area contributed by atoms with Gasteiger partial charge >= 0.3 is 0 Å². The van der Waals surface area contributed by atoms with Crippen molar-refractivity contribution in [1.29, 1.82) is 0 Å². The molecule has 0 unspecified atom stereocenters. The molecule has 0 aliphatic rings. The number of methoxy groups -OCH3 is 2. The molecule has 0 saturated heterocycles. The first-order valence-corrected chi connectivity index (χ1v) is 9.94. The summed E-state index contributed by atoms with van der Waals surface area (Å²) in [5, 5.41) is 17.0. The van der Waals surface area contributed by atoms with E-state index in [-0.39, 0.29) is 12.1 Å². The molecule has 0 atom stereocenters. The molecule has 0 aliphatic carbocycles. The summed E-state index contributed by atoms with van der Waals surface area (Å²) in [4.78, 5) is 25.7. The fourth-order valence-electron chi connectivity index (χ4n) is 3.53. The molecule has 4 rings (SSSR count). The molecule has 0 spiro atoms. The van der Waals surface area contributed by atoms with Gasteiger partial charge in [0.15, 0.2) is 11.5 Å². The molecular weight excluding hydrogens is 431 g/mol. The maximum Gasteiger partial charge on any atom is 0.277 e. The Balaban J connectivity index is 1.64. The predicted octanol–water partition coefficient (Wildman–Crippen LogP) is 2.45. The zero-order valence-electron chi connectivity index (χ0n) is 17.9.